The number of aryl methyl sites for hydroxylation is 1. The molecule has 2 aromatic rings. The molecule has 0 fully saturated rings. The molecular weight excluding hydrogens is 238 g/mol. The second kappa shape index (κ2) is 4.96. The Morgan fingerprint density at radius 2 is 1.84 bits per heavy atom. The number of benzene rings is 1. The number of hydrogen-bond donors (Lipinski definition) is 1. The summed E-state index contributed by atoms with van der Waals surface area (Å²) in [6, 6.07) is 12.8. The minimum Gasteiger partial charge on any atom is -0.350 e. The molecule has 0 radical (unpaired) electrons. The summed E-state index contributed by atoms with van der Waals surface area (Å²) in [4.78, 5) is 0. The fraction of sp³-hybridized carbons (Fsp3) is 0.0714. The van der Waals surface area contributed by atoms with E-state index in [0.717, 1.165) is 10.9 Å². The quantitative estimate of drug-likeness (QED) is 0.825. The van der Waals surface area contributed by atoms with Gasteiger partial charge in [0.2, 0.25) is 0 Å². The van der Waals surface area contributed by atoms with Crippen LogP contribution in [0.15, 0.2) is 41.7 Å². The predicted molar refractivity (Wildman–Crippen MR) is 70.4 cm³/mol. The van der Waals surface area contributed by atoms with Gasteiger partial charge >= 0.3 is 0 Å². The fourth-order valence-electron chi connectivity index (χ4n) is 1.77. The number of nitriles is 3. The first-order valence-electron chi connectivity index (χ1n) is 5.46. The Hall–Kier alpha value is -3.23. The SMILES string of the molecule is Cn1ccc2ccc(NC(C#N)=C(C#N)C#N)cc21. The van der Waals surface area contributed by atoms with Crippen LogP contribution in [0.3, 0.4) is 0 Å². The van der Waals surface area contributed by atoms with Crippen LogP contribution < -0.4 is 5.32 Å². The highest BCUT2D eigenvalue weighted by atomic mass is 14.9. The van der Waals surface area contributed by atoms with Crippen LogP contribution in [0.1, 0.15) is 0 Å². The van der Waals surface area contributed by atoms with Gasteiger partial charge in [0, 0.05) is 24.4 Å². The Morgan fingerprint density at radius 3 is 2.47 bits per heavy atom. The van der Waals surface area contributed by atoms with Crippen molar-refractivity contribution in [3.8, 4) is 18.2 Å². The zero-order valence-corrected chi connectivity index (χ0v) is 10.2. The standard InChI is InChI=1S/C14H9N5/c1-19-5-4-10-2-3-12(6-14(10)19)18-13(9-17)11(7-15)8-16/h2-6,18H,1H3. The molecule has 1 heterocycles. The van der Waals surface area contributed by atoms with Gasteiger partial charge in [-0.2, -0.15) is 15.8 Å². The molecule has 0 aliphatic heterocycles. The van der Waals surface area contributed by atoms with Crippen molar-refractivity contribution in [2.24, 2.45) is 7.05 Å². The molecule has 1 aromatic heterocycles. The largest absolute Gasteiger partial charge is 0.350 e. The average Bonchev–Trinajstić information content (AvgIpc) is 2.80. The lowest BCUT2D eigenvalue weighted by molar-refractivity contribution is 0.969. The van der Waals surface area contributed by atoms with Gasteiger partial charge in [0.25, 0.3) is 0 Å². The van der Waals surface area contributed by atoms with Crippen molar-refractivity contribution in [3.05, 3.63) is 41.7 Å². The maximum atomic E-state index is 8.97. The highest BCUT2D eigenvalue weighted by molar-refractivity contribution is 5.84. The second-order valence-corrected chi connectivity index (χ2v) is 3.91. The third-order valence-corrected chi connectivity index (χ3v) is 2.74. The summed E-state index contributed by atoms with van der Waals surface area (Å²) in [7, 11) is 1.92. The molecule has 1 N–H and O–H groups in total. The number of nitrogens with one attached hydrogen (secondary N) is 1. The molecule has 0 aliphatic rings. The highest BCUT2D eigenvalue weighted by Gasteiger charge is 2.07. The van der Waals surface area contributed by atoms with Gasteiger partial charge in [-0.15, -0.1) is 0 Å². The van der Waals surface area contributed by atoms with E-state index in [9.17, 15) is 0 Å². The summed E-state index contributed by atoms with van der Waals surface area (Å²) < 4.78 is 1.95. The van der Waals surface area contributed by atoms with Crippen LogP contribution in [0.4, 0.5) is 5.69 Å². The molecule has 2 rings (SSSR count). The summed E-state index contributed by atoms with van der Waals surface area (Å²) in [5, 5.41) is 30.4. The van der Waals surface area contributed by atoms with Crippen molar-refractivity contribution in [1.29, 1.82) is 15.8 Å². The van der Waals surface area contributed by atoms with E-state index in [1.54, 1.807) is 18.2 Å². The lowest BCUT2D eigenvalue weighted by Gasteiger charge is -2.05. The van der Waals surface area contributed by atoms with Gasteiger partial charge in [0.15, 0.2) is 5.57 Å². The van der Waals surface area contributed by atoms with Crippen LogP contribution in [0.2, 0.25) is 0 Å². The summed E-state index contributed by atoms with van der Waals surface area (Å²) in [5.41, 5.74) is 1.39. The molecule has 0 atom stereocenters. The van der Waals surface area contributed by atoms with Gasteiger partial charge in [0.05, 0.1) is 0 Å². The normalized spacial score (nSPS) is 9.16. The van der Waals surface area contributed by atoms with Gasteiger partial charge in [-0.05, 0) is 23.6 Å². The zero-order valence-electron chi connectivity index (χ0n) is 10.2. The number of aromatic nitrogens is 1. The Morgan fingerprint density at radius 1 is 1.11 bits per heavy atom. The van der Waals surface area contributed by atoms with Gasteiger partial charge in [0.1, 0.15) is 23.9 Å². The molecule has 5 heteroatoms. The maximum absolute atomic E-state index is 8.97. The van der Waals surface area contributed by atoms with Crippen molar-refractivity contribution in [2.45, 2.75) is 0 Å². The highest BCUT2D eigenvalue weighted by Crippen LogP contribution is 2.21. The number of fused-ring (bicyclic) bond motifs is 1. The van der Waals surface area contributed by atoms with E-state index in [1.807, 2.05) is 42.1 Å². The summed E-state index contributed by atoms with van der Waals surface area (Å²) in [5.74, 6) is 0. The second-order valence-electron chi connectivity index (χ2n) is 3.91. The van der Waals surface area contributed by atoms with Crippen LogP contribution in [0, 0.1) is 34.0 Å². The average molecular weight is 247 g/mol. The number of nitrogens with zero attached hydrogens (tertiary/aromatic N) is 4. The molecule has 0 saturated heterocycles. The molecule has 90 valence electrons. The molecule has 5 nitrogen and oxygen atoms in total. The van der Waals surface area contributed by atoms with E-state index >= 15 is 0 Å². The van der Waals surface area contributed by atoms with Crippen LogP contribution >= 0.6 is 0 Å². The Bertz CT molecular complexity index is 774. The molecule has 19 heavy (non-hydrogen) atoms. The predicted octanol–water partition coefficient (Wildman–Crippen LogP) is 2.42. The Kier molecular flexibility index (Phi) is 3.19. The summed E-state index contributed by atoms with van der Waals surface area (Å²) in [6.07, 6.45) is 1.94. The molecular formula is C14H9N5. The topological polar surface area (TPSA) is 88.3 Å². The van der Waals surface area contributed by atoms with E-state index in [-0.39, 0.29) is 11.3 Å². The molecule has 0 amide bonds. The van der Waals surface area contributed by atoms with Gasteiger partial charge in [-0.25, -0.2) is 0 Å². The van der Waals surface area contributed by atoms with E-state index in [1.165, 1.54) is 0 Å². The fourth-order valence-corrected chi connectivity index (χ4v) is 1.77. The third-order valence-electron chi connectivity index (χ3n) is 2.74. The van der Waals surface area contributed by atoms with Crippen LogP contribution in [0.5, 0.6) is 0 Å². The molecule has 1 aromatic carbocycles. The lowest BCUT2D eigenvalue weighted by Crippen LogP contribution is -2.00. The first-order chi connectivity index (χ1) is 9.19. The molecule has 0 saturated carbocycles. The van der Waals surface area contributed by atoms with Gasteiger partial charge in [-0.1, -0.05) is 6.07 Å². The van der Waals surface area contributed by atoms with Crippen molar-refractivity contribution in [2.75, 3.05) is 5.32 Å². The zero-order chi connectivity index (χ0) is 13.8. The van der Waals surface area contributed by atoms with Crippen molar-refractivity contribution < 1.29 is 0 Å². The van der Waals surface area contributed by atoms with E-state index in [0.29, 0.717) is 5.69 Å². The van der Waals surface area contributed by atoms with E-state index in [4.69, 9.17) is 15.8 Å². The molecule has 0 aliphatic carbocycles. The van der Waals surface area contributed by atoms with E-state index in [2.05, 4.69) is 5.32 Å². The smallest absolute Gasteiger partial charge is 0.163 e. The molecule has 0 unspecified atom stereocenters. The van der Waals surface area contributed by atoms with Gasteiger partial charge in [-0.3, -0.25) is 0 Å². The van der Waals surface area contributed by atoms with Crippen molar-refractivity contribution in [3.63, 3.8) is 0 Å². The Balaban J connectivity index is 2.45. The monoisotopic (exact) mass is 247 g/mol. The number of allylic oxidation sites excluding steroid dienone is 2. The summed E-state index contributed by atoms with van der Waals surface area (Å²) in [6.45, 7) is 0. The van der Waals surface area contributed by atoms with Crippen LogP contribution in [0.25, 0.3) is 10.9 Å². The number of rotatable bonds is 2. The van der Waals surface area contributed by atoms with Crippen molar-refractivity contribution >= 4 is 16.6 Å². The van der Waals surface area contributed by atoms with Crippen LogP contribution in [-0.2, 0) is 7.05 Å². The van der Waals surface area contributed by atoms with Crippen LogP contribution in [-0.4, -0.2) is 4.57 Å². The molecule has 0 bridgehead atoms. The number of anilines is 1. The first-order valence-corrected chi connectivity index (χ1v) is 5.46. The minimum atomic E-state index is -0.227. The lowest BCUT2D eigenvalue weighted by atomic mass is 10.2. The van der Waals surface area contributed by atoms with E-state index < -0.39 is 0 Å². The maximum Gasteiger partial charge on any atom is 0.163 e. The van der Waals surface area contributed by atoms with Crippen molar-refractivity contribution in [1.82, 2.24) is 4.57 Å². The number of hydrogen-bond acceptors (Lipinski definition) is 4. The third kappa shape index (κ3) is 2.24. The molecule has 0 spiro atoms. The Labute approximate surface area is 110 Å². The first kappa shape index (κ1) is 12.2. The summed E-state index contributed by atoms with van der Waals surface area (Å²) >= 11 is 0. The van der Waals surface area contributed by atoms with Gasteiger partial charge < -0.3 is 9.88 Å². The minimum absolute atomic E-state index is 0.0430.